The summed E-state index contributed by atoms with van der Waals surface area (Å²) >= 11 is 0. The third kappa shape index (κ3) is 3.18. The zero-order chi connectivity index (χ0) is 13.0. The Hall–Kier alpha value is -1.66. The summed E-state index contributed by atoms with van der Waals surface area (Å²) in [6.45, 7) is 1.77. The first kappa shape index (κ1) is 12.8. The van der Waals surface area contributed by atoms with E-state index in [1.54, 1.807) is 12.1 Å². The first-order valence-corrected chi connectivity index (χ1v) is 5.89. The zero-order valence-corrected chi connectivity index (χ0v) is 9.96. The number of ether oxygens (including phenoxy) is 1. The van der Waals surface area contributed by atoms with Gasteiger partial charge < -0.3 is 15.2 Å². The topological polar surface area (TPSA) is 84.6 Å². The molecule has 0 bridgehead atoms. The molecule has 1 saturated heterocycles. The Labute approximate surface area is 105 Å². The Kier molecular flexibility index (Phi) is 3.78. The van der Waals surface area contributed by atoms with E-state index in [0.717, 1.165) is 13.1 Å². The van der Waals surface area contributed by atoms with Crippen molar-refractivity contribution in [3.05, 3.63) is 34.4 Å². The maximum atomic E-state index is 10.5. The molecule has 1 aromatic carbocycles. The van der Waals surface area contributed by atoms with Gasteiger partial charge in [0, 0.05) is 12.1 Å². The first-order valence-electron chi connectivity index (χ1n) is 5.89. The lowest BCUT2D eigenvalue weighted by Crippen LogP contribution is -2.45. The molecule has 0 amide bonds. The lowest BCUT2D eigenvalue weighted by Gasteiger charge is -2.32. The van der Waals surface area contributed by atoms with E-state index >= 15 is 0 Å². The fourth-order valence-corrected chi connectivity index (χ4v) is 1.92. The highest BCUT2D eigenvalue weighted by Crippen LogP contribution is 2.22. The van der Waals surface area contributed by atoms with Crippen molar-refractivity contribution < 1.29 is 14.8 Å². The molecule has 0 aromatic heterocycles. The molecule has 18 heavy (non-hydrogen) atoms. The fraction of sp³-hybridized carbons (Fsp3) is 0.500. The van der Waals surface area contributed by atoms with Gasteiger partial charge in [0.05, 0.1) is 4.92 Å². The standard InChI is InChI=1S/C12H16N2O4/c15-12(5-7-13-8-6-12)9-18-11-3-1-10(2-4-11)14(16)17/h1-4,13,15H,5-9H2. The van der Waals surface area contributed by atoms with Crippen molar-refractivity contribution in [2.75, 3.05) is 19.7 Å². The van der Waals surface area contributed by atoms with Crippen molar-refractivity contribution in [2.45, 2.75) is 18.4 Å². The molecule has 0 atom stereocenters. The summed E-state index contributed by atoms with van der Waals surface area (Å²) in [5.74, 6) is 0.535. The number of hydrogen-bond acceptors (Lipinski definition) is 5. The summed E-state index contributed by atoms with van der Waals surface area (Å²) in [5, 5.41) is 23.9. The van der Waals surface area contributed by atoms with Crippen LogP contribution in [0.5, 0.6) is 5.75 Å². The van der Waals surface area contributed by atoms with Crippen molar-refractivity contribution in [2.24, 2.45) is 0 Å². The van der Waals surface area contributed by atoms with E-state index < -0.39 is 10.5 Å². The molecule has 2 N–H and O–H groups in total. The van der Waals surface area contributed by atoms with Crippen LogP contribution < -0.4 is 10.1 Å². The smallest absolute Gasteiger partial charge is 0.269 e. The van der Waals surface area contributed by atoms with E-state index in [-0.39, 0.29) is 12.3 Å². The van der Waals surface area contributed by atoms with Crippen LogP contribution in [0.1, 0.15) is 12.8 Å². The Balaban J connectivity index is 1.91. The summed E-state index contributed by atoms with van der Waals surface area (Å²) in [6.07, 6.45) is 1.31. The number of nitrogens with one attached hydrogen (secondary N) is 1. The van der Waals surface area contributed by atoms with Crippen LogP contribution in [0.25, 0.3) is 0 Å². The summed E-state index contributed by atoms with van der Waals surface area (Å²) in [6, 6.07) is 5.87. The molecule has 2 rings (SSSR count). The number of non-ortho nitro benzene ring substituents is 1. The molecule has 0 unspecified atom stereocenters. The number of piperidine rings is 1. The van der Waals surface area contributed by atoms with Gasteiger partial charge in [0.15, 0.2) is 0 Å². The molecular weight excluding hydrogens is 236 g/mol. The summed E-state index contributed by atoms with van der Waals surface area (Å²) in [7, 11) is 0. The van der Waals surface area contributed by atoms with Crippen molar-refractivity contribution in [1.29, 1.82) is 0 Å². The molecule has 1 heterocycles. The molecule has 6 heteroatoms. The summed E-state index contributed by atoms with van der Waals surface area (Å²) in [5.41, 5.74) is -0.768. The third-order valence-electron chi connectivity index (χ3n) is 3.09. The van der Waals surface area contributed by atoms with E-state index in [2.05, 4.69) is 5.32 Å². The Morgan fingerprint density at radius 3 is 2.50 bits per heavy atom. The monoisotopic (exact) mass is 252 g/mol. The van der Waals surface area contributed by atoms with Crippen LogP contribution in [0.15, 0.2) is 24.3 Å². The number of benzene rings is 1. The quantitative estimate of drug-likeness (QED) is 0.619. The first-order chi connectivity index (χ1) is 8.59. The predicted molar refractivity (Wildman–Crippen MR) is 65.6 cm³/mol. The largest absolute Gasteiger partial charge is 0.491 e. The number of nitro groups is 1. The van der Waals surface area contributed by atoms with Gasteiger partial charge in [-0.15, -0.1) is 0 Å². The van der Waals surface area contributed by atoms with Gasteiger partial charge in [-0.05, 0) is 38.1 Å². The van der Waals surface area contributed by atoms with Gasteiger partial charge in [-0.1, -0.05) is 0 Å². The summed E-state index contributed by atoms with van der Waals surface area (Å²) < 4.78 is 5.48. The normalized spacial score (nSPS) is 18.3. The number of aliphatic hydroxyl groups is 1. The van der Waals surface area contributed by atoms with E-state index in [1.165, 1.54) is 12.1 Å². The number of nitro benzene ring substituents is 1. The molecule has 1 fully saturated rings. The van der Waals surface area contributed by atoms with Crippen LogP contribution in [0, 0.1) is 10.1 Å². The van der Waals surface area contributed by atoms with E-state index in [4.69, 9.17) is 4.74 Å². The van der Waals surface area contributed by atoms with Crippen LogP contribution in [-0.2, 0) is 0 Å². The Bertz CT molecular complexity index is 413. The zero-order valence-electron chi connectivity index (χ0n) is 9.96. The van der Waals surface area contributed by atoms with Crippen molar-refractivity contribution in [3.8, 4) is 5.75 Å². The van der Waals surface area contributed by atoms with Crippen LogP contribution in [0.3, 0.4) is 0 Å². The number of rotatable bonds is 4. The molecule has 0 aliphatic carbocycles. The van der Waals surface area contributed by atoms with Gasteiger partial charge >= 0.3 is 0 Å². The van der Waals surface area contributed by atoms with Crippen LogP contribution >= 0.6 is 0 Å². The molecule has 0 saturated carbocycles. The maximum absolute atomic E-state index is 10.5. The Morgan fingerprint density at radius 2 is 1.94 bits per heavy atom. The van der Waals surface area contributed by atoms with Gasteiger partial charge in [0.1, 0.15) is 18.0 Å². The highest BCUT2D eigenvalue weighted by atomic mass is 16.6. The molecule has 0 spiro atoms. The highest BCUT2D eigenvalue weighted by molar-refractivity contribution is 5.36. The van der Waals surface area contributed by atoms with Crippen molar-refractivity contribution in [1.82, 2.24) is 5.32 Å². The number of hydrogen-bond donors (Lipinski definition) is 2. The van der Waals surface area contributed by atoms with Gasteiger partial charge in [-0.25, -0.2) is 0 Å². The van der Waals surface area contributed by atoms with Gasteiger partial charge in [0.2, 0.25) is 0 Å². The SMILES string of the molecule is O=[N+]([O-])c1ccc(OCC2(O)CCNCC2)cc1. The number of nitrogens with zero attached hydrogens (tertiary/aromatic N) is 1. The lowest BCUT2D eigenvalue weighted by molar-refractivity contribution is -0.384. The second-order valence-electron chi connectivity index (χ2n) is 4.51. The highest BCUT2D eigenvalue weighted by Gasteiger charge is 2.29. The molecule has 1 aromatic rings. The minimum absolute atomic E-state index is 0.0305. The summed E-state index contributed by atoms with van der Waals surface area (Å²) in [4.78, 5) is 10.0. The second kappa shape index (κ2) is 5.32. The van der Waals surface area contributed by atoms with Crippen molar-refractivity contribution in [3.63, 3.8) is 0 Å². The van der Waals surface area contributed by atoms with Crippen LogP contribution in [0.2, 0.25) is 0 Å². The minimum atomic E-state index is -0.799. The lowest BCUT2D eigenvalue weighted by atomic mass is 9.93. The van der Waals surface area contributed by atoms with Crippen LogP contribution in [0.4, 0.5) is 5.69 Å². The average Bonchev–Trinajstić information content (AvgIpc) is 2.38. The van der Waals surface area contributed by atoms with Crippen molar-refractivity contribution >= 4 is 5.69 Å². The van der Waals surface area contributed by atoms with Crippen LogP contribution in [-0.4, -0.2) is 35.3 Å². The fourth-order valence-electron chi connectivity index (χ4n) is 1.92. The maximum Gasteiger partial charge on any atom is 0.269 e. The molecule has 6 nitrogen and oxygen atoms in total. The average molecular weight is 252 g/mol. The van der Waals surface area contributed by atoms with Gasteiger partial charge in [0.25, 0.3) is 5.69 Å². The second-order valence-corrected chi connectivity index (χ2v) is 4.51. The van der Waals surface area contributed by atoms with Gasteiger partial charge in [-0.3, -0.25) is 10.1 Å². The molecule has 98 valence electrons. The molecule has 1 aliphatic heterocycles. The minimum Gasteiger partial charge on any atom is -0.491 e. The third-order valence-corrected chi connectivity index (χ3v) is 3.09. The van der Waals surface area contributed by atoms with E-state index in [0.29, 0.717) is 18.6 Å². The molecule has 0 radical (unpaired) electrons. The Morgan fingerprint density at radius 1 is 1.33 bits per heavy atom. The predicted octanol–water partition coefficient (Wildman–Crippen LogP) is 1.09. The van der Waals surface area contributed by atoms with E-state index in [9.17, 15) is 15.2 Å². The molecule has 1 aliphatic rings. The molecular formula is C12H16N2O4. The van der Waals surface area contributed by atoms with E-state index in [1.807, 2.05) is 0 Å². The van der Waals surface area contributed by atoms with Gasteiger partial charge in [-0.2, -0.15) is 0 Å².